The molecule has 3 nitrogen and oxygen atoms in total. The number of aromatic nitrogens is 2. The maximum absolute atomic E-state index is 4.69. The maximum Gasteiger partial charge on any atom is 0.147 e. The van der Waals surface area contributed by atoms with Crippen molar-refractivity contribution in [2.24, 2.45) is 0 Å². The van der Waals surface area contributed by atoms with Gasteiger partial charge in [0.1, 0.15) is 10.8 Å². The molecule has 0 aliphatic rings. The topological polar surface area (TPSA) is 37.8 Å². The minimum absolute atomic E-state index is 0.0515. The molecule has 0 saturated carbocycles. The van der Waals surface area contributed by atoms with Gasteiger partial charge in [0.2, 0.25) is 0 Å². The number of rotatable bonds is 4. The Labute approximate surface area is 103 Å². The molecule has 0 aliphatic carbocycles. The van der Waals surface area contributed by atoms with Crippen LogP contribution in [0.25, 0.3) is 0 Å². The smallest absolute Gasteiger partial charge is 0.147 e. The normalized spacial score (nSPS) is 16.1. The lowest BCUT2D eigenvalue weighted by Crippen LogP contribution is -2.28. The fourth-order valence-electron chi connectivity index (χ4n) is 1.63. The van der Waals surface area contributed by atoms with E-state index >= 15 is 0 Å². The molecule has 0 radical (unpaired) electrons. The molecule has 0 saturated heterocycles. The van der Waals surface area contributed by atoms with E-state index in [0.29, 0.717) is 12.0 Å². The minimum Gasteiger partial charge on any atom is -0.317 e. The highest BCUT2D eigenvalue weighted by Crippen LogP contribution is 2.28. The quantitative estimate of drug-likeness (QED) is 0.880. The van der Waals surface area contributed by atoms with Crippen molar-refractivity contribution in [1.29, 1.82) is 0 Å². The van der Waals surface area contributed by atoms with E-state index in [9.17, 15) is 0 Å². The first kappa shape index (κ1) is 13.6. The molecule has 0 fully saturated rings. The van der Waals surface area contributed by atoms with Gasteiger partial charge < -0.3 is 5.32 Å². The molecule has 0 amide bonds. The number of hydrogen-bond acceptors (Lipinski definition) is 4. The SMILES string of the molecule is CCC(c1nc(C(C)(C)C)ns1)C(C)NC. The molecule has 2 atom stereocenters. The fraction of sp³-hybridized carbons (Fsp3) is 0.833. The molecule has 1 heterocycles. The molecule has 4 heteroatoms. The van der Waals surface area contributed by atoms with Crippen molar-refractivity contribution >= 4 is 11.5 Å². The Morgan fingerprint density at radius 3 is 2.38 bits per heavy atom. The van der Waals surface area contributed by atoms with E-state index in [1.165, 1.54) is 0 Å². The molecule has 1 aromatic rings. The lowest BCUT2D eigenvalue weighted by molar-refractivity contribution is 0.476. The van der Waals surface area contributed by atoms with E-state index in [2.05, 4.69) is 49.3 Å². The highest BCUT2D eigenvalue weighted by atomic mass is 32.1. The highest BCUT2D eigenvalue weighted by Gasteiger charge is 2.24. The summed E-state index contributed by atoms with van der Waals surface area (Å²) in [6.07, 6.45) is 1.10. The van der Waals surface area contributed by atoms with Gasteiger partial charge in [0.05, 0.1) is 0 Å². The molecule has 1 aromatic heterocycles. The first-order valence-electron chi connectivity index (χ1n) is 5.91. The lowest BCUT2D eigenvalue weighted by atomic mass is 9.95. The van der Waals surface area contributed by atoms with Gasteiger partial charge in [-0.3, -0.25) is 0 Å². The molecular weight excluding hydrogens is 218 g/mol. The molecule has 0 spiro atoms. The van der Waals surface area contributed by atoms with Crippen molar-refractivity contribution in [2.75, 3.05) is 7.05 Å². The van der Waals surface area contributed by atoms with Crippen LogP contribution in [0.2, 0.25) is 0 Å². The molecule has 92 valence electrons. The van der Waals surface area contributed by atoms with Crippen LogP contribution in [0.4, 0.5) is 0 Å². The van der Waals surface area contributed by atoms with Crippen molar-refractivity contribution in [3.8, 4) is 0 Å². The van der Waals surface area contributed by atoms with Gasteiger partial charge in [0, 0.05) is 17.4 Å². The summed E-state index contributed by atoms with van der Waals surface area (Å²) in [5.74, 6) is 1.44. The Morgan fingerprint density at radius 1 is 1.38 bits per heavy atom. The number of nitrogens with one attached hydrogen (secondary N) is 1. The van der Waals surface area contributed by atoms with E-state index in [1.54, 1.807) is 11.5 Å². The van der Waals surface area contributed by atoms with Crippen LogP contribution in [0, 0.1) is 0 Å². The number of hydrogen-bond donors (Lipinski definition) is 1. The summed E-state index contributed by atoms with van der Waals surface area (Å²) in [4.78, 5) is 4.69. The van der Waals surface area contributed by atoms with Gasteiger partial charge in [-0.15, -0.1) is 0 Å². The fourth-order valence-corrected chi connectivity index (χ4v) is 2.76. The predicted molar refractivity (Wildman–Crippen MR) is 70.2 cm³/mol. The second kappa shape index (κ2) is 5.23. The average Bonchev–Trinajstić information content (AvgIpc) is 2.67. The maximum atomic E-state index is 4.69. The molecule has 1 N–H and O–H groups in total. The monoisotopic (exact) mass is 241 g/mol. The van der Waals surface area contributed by atoms with Crippen LogP contribution in [0.1, 0.15) is 57.8 Å². The summed E-state index contributed by atoms with van der Waals surface area (Å²) in [6.45, 7) is 10.9. The Kier molecular flexibility index (Phi) is 4.44. The Bertz CT molecular complexity index is 327. The van der Waals surface area contributed by atoms with Crippen molar-refractivity contribution in [1.82, 2.24) is 14.7 Å². The molecule has 0 aromatic carbocycles. The first-order chi connectivity index (χ1) is 7.40. The van der Waals surface area contributed by atoms with Crippen molar-refractivity contribution in [2.45, 2.75) is 58.4 Å². The molecule has 16 heavy (non-hydrogen) atoms. The average molecular weight is 241 g/mol. The van der Waals surface area contributed by atoms with Gasteiger partial charge in [0.15, 0.2) is 0 Å². The van der Waals surface area contributed by atoms with E-state index < -0.39 is 0 Å². The molecule has 0 bridgehead atoms. The van der Waals surface area contributed by atoms with Crippen molar-refractivity contribution in [3.63, 3.8) is 0 Å². The lowest BCUT2D eigenvalue weighted by Gasteiger charge is -2.19. The van der Waals surface area contributed by atoms with Crippen LogP contribution in [-0.2, 0) is 5.41 Å². The van der Waals surface area contributed by atoms with Crippen LogP contribution in [0.5, 0.6) is 0 Å². The zero-order valence-electron chi connectivity index (χ0n) is 11.2. The van der Waals surface area contributed by atoms with Gasteiger partial charge >= 0.3 is 0 Å². The summed E-state index contributed by atoms with van der Waals surface area (Å²) < 4.78 is 4.48. The van der Waals surface area contributed by atoms with Gasteiger partial charge in [-0.2, -0.15) is 4.37 Å². The predicted octanol–water partition coefficient (Wildman–Crippen LogP) is 2.94. The molecular formula is C12H23N3S. The second-order valence-corrected chi connectivity index (χ2v) is 6.08. The first-order valence-corrected chi connectivity index (χ1v) is 6.68. The molecule has 2 unspecified atom stereocenters. The van der Waals surface area contributed by atoms with Crippen LogP contribution in [-0.4, -0.2) is 22.4 Å². The Morgan fingerprint density at radius 2 is 2.00 bits per heavy atom. The summed E-state index contributed by atoms with van der Waals surface area (Å²) >= 11 is 1.55. The zero-order valence-corrected chi connectivity index (χ0v) is 12.0. The van der Waals surface area contributed by atoms with E-state index in [4.69, 9.17) is 0 Å². The number of likely N-dealkylation sites (N-methyl/N-ethyl adjacent to an activating group) is 1. The highest BCUT2D eigenvalue weighted by molar-refractivity contribution is 7.05. The van der Waals surface area contributed by atoms with E-state index in [-0.39, 0.29) is 5.41 Å². The van der Waals surface area contributed by atoms with Crippen LogP contribution in [0.3, 0.4) is 0 Å². The minimum atomic E-state index is 0.0515. The van der Waals surface area contributed by atoms with Crippen LogP contribution >= 0.6 is 11.5 Å². The van der Waals surface area contributed by atoms with Crippen LogP contribution < -0.4 is 5.32 Å². The third-order valence-electron chi connectivity index (χ3n) is 2.93. The van der Waals surface area contributed by atoms with Gasteiger partial charge in [-0.1, -0.05) is 27.7 Å². The van der Waals surface area contributed by atoms with E-state index in [1.807, 2.05) is 7.05 Å². The Balaban J connectivity index is 2.91. The number of nitrogens with zero attached hydrogens (tertiary/aromatic N) is 2. The summed E-state index contributed by atoms with van der Waals surface area (Å²) in [5.41, 5.74) is 0.0515. The zero-order chi connectivity index (χ0) is 12.3. The van der Waals surface area contributed by atoms with E-state index in [0.717, 1.165) is 17.3 Å². The Hall–Kier alpha value is -0.480. The van der Waals surface area contributed by atoms with Crippen LogP contribution in [0.15, 0.2) is 0 Å². The largest absolute Gasteiger partial charge is 0.317 e. The summed E-state index contributed by atoms with van der Waals surface area (Å²) in [5, 5.41) is 4.46. The third-order valence-corrected chi connectivity index (χ3v) is 3.77. The van der Waals surface area contributed by atoms with Crippen molar-refractivity contribution in [3.05, 3.63) is 10.8 Å². The van der Waals surface area contributed by atoms with Crippen molar-refractivity contribution < 1.29 is 0 Å². The molecule has 1 rings (SSSR count). The second-order valence-electron chi connectivity index (χ2n) is 5.30. The standard InChI is InChI=1S/C12H23N3S/c1-7-9(8(2)13-6)10-14-11(15-16-10)12(3,4)5/h8-9,13H,7H2,1-6H3. The summed E-state index contributed by atoms with van der Waals surface area (Å²) in [7, 11) is 2.00. The van der Waals surface area contributed by atoms with Gasteiger partial charge in [0.25, 0.3) is 0 Å². The molecule has 0 aliphatic heterocycles. The van der Waals surface area contributed by atoms with Gasteiger partial charge in [-0.05, 0) is 31.9 Å². The van der Waals surface area contributed by atoms with Gasteiger partial charge in [-0.25, -0.2) is 4.98 Å². The third kappa shape index (κ3) is 3.01. The summed E-state index contributed by atoms with van der Waals surface area (Å²) in [6, 6.07) is 0.450.